The fourth-order valence-corrected chi connectivity index (χ4v) is 4.79. The number of H-pyrrole nitrogens is 2. The van der Waals surface area contributed by atoms with Crippen molar-refractivity contribution in [3.63, 3.8) is 0 Å². The summed E-state index contributed by atoms with van der Waals surface area (Å²) in [6, 6.07) is 6.42. The summed E-state index contributed by atoms with van der Waals surface area (Å²) in [5, 5.41) is 3.16. The number of hydrogen-bond donors (Lipinski definition) is 3. The second-order valence-corrected chi connectivity index (χ2v) is 9.64. The molecule has 11 heteroatoms. The molecular formula is C21H29N6O4S+. The van der Waals surface area contributed by atoms with Gasteiger partial charge in [0.2, 0.25) is 10.0 Å². The van der Waals surface area contributed by atoms with Crippen LogP contribution >= 0.6 is 0 Å². The Morgan fingerprint density at radius 1 is 1.19 bits per heavy atom. The number of aromatic nitrogens is 4. The predicted molar refractivity (Wildman–Crippen MR) is 119 cm³/mol. The van der Waals surface area contributed by atoms with Crippen LogP contribution in [-0.2, 0) is 14.8 Å². The van der Waals surface area contributed by atoms with Gasteiger partial charge in [-0.15, -0.1) is 0 Å². The summed E-state index contributed by atoms with van der Waals surface area (Å²) in [6.07, 6.45) is 7.79. The van der Waals surface area contributed by atoms with Gasteiger partial charge in [-0.05, 0) is 48.0 Å². The predicted octanol–water partition coefficient (Wildman–Crippen LogP) is 2.40. The quantitative estimate of drug-likeness (QED) is 0.395. The molecule has 1 aliphatic rings. The molecule has 0 atom stereocenters. The molecule has 32 heavy (non-hydrogen) atoms. The fourth-order valence-electron chi connectivity index (χ4n) is 3.78. The highest BCUT2D eigenvalue weighted by atomic mass is 32.2. The van der Waals surface area contributed by atoms with Crippen molar-refractivity contribution in [3.8, 4) is 5.88 Å². The Hall–Kier alpha value is -2.76. The Bertz CT molecular complexity index is 1130. The normalized spacial score (nSPS) is 15.2. The van der Waals surface area contributed by atoms with E-state index in [-0.39, 0.29) is 11.4 Å². The summed E-state index contributed by atoms with van der Waals surface area (Å²) in [6.45, 7) is 1.17. The molecule has 0 saturated heterocycles. The van der Waals surface area contributed by atoms with Crippen LogP contribution in [0.1, 0.15) is 32.1 Å². The van der Waals surface area contributed by atoms with Crippen molar-refractivity contribution in [1.29, 1.82) is 0 Å². The van der Waals surface area contributed by atoms with E-state index in [9.17, 15) is 8.42 Å². The smallest absolute Gasteiger partial charge is 0.399 e. The minimum atomic E-state index is -3.58. The summed E-state index contributed by atoms with van der Waals surface area (Å²) in [5.41, 5.74) is 1.93. The average molecular weight is 462 g/mol. The maximum atomic E-state index is 12.3. The Balaban J connectivity index is 1.46. The lowest BCUT2D eigenvalue weighted by molar-refractivity contribution is -0.380. The van der Waals surface area contributed by atoms with Gasteiger partial charge in [-0.25, -0.2) is 28.4 Å². The van der Waals surface area contributed by atoms with E-state index in [4.69, 9.17) is 9.47 Å². The number of sulfonamides is 1. The summed E-state index contributed by atoms with van der Waals surface area (Å²) in [5.74, 6) is 1.60. The first-order valence-electron chi connectivity index (χ1n) is 10.8. The number of nitrogens with one attached hydrogen (secondary N) is 4. The molecule has 0 bridgehead atoms. The highest BCUT2D eigenvalue weighted by molar-refractivity contribution is 7.89. The Morgan fingerprint density at radius 3 is 2.72 bits per heavy atom. The number of aromatic amines is 2. The van der Waals surface area contributed by atoms with Gasteiger partial charge >= 0.3 is 5.95 Å². The number of fused-ring (bicyclic) bond motifs is 1. The van der Waals surface area contributed by atoms with E-state index in [0.717, 1.165) is 5.52 Å². The lowest BCUT2D eigenvalue weighted by Crippen LogP contribution is -2.27. The number of anilines is 2. The molecule has 0 radical (unpaired) electrons. The molecule has 1 aromatic carbocycles. The van der Waals surface area contributed by atoms with E-state index < -0.39 is 10.0 Å². The van der Waals surface area contributed by atoms with Gasteiger partial charge in [0, 0.05) is 13.7 Å². The first kappa shape index (κ1) is 22.4. The van der Waals surface area contributed by atoms with Gasteiger partial charge in [-0.2, -0.15) is 0 Å². The third-order valence-corrected chi connectivity index (χ3v) is 6.99. The minimum absolute atomic E-state index is 0.176. The summed E-state index contributed by atoms with van der Waals surface area (Å²) < 4.78 is 38.1. The van der Waals surface area contributed by atoms with Gasteiger partial charge in [0.1, 0.15) is 0 Å². The SMILES string of the molecule is COCCNS(=O)(=O)c1ccc(Nc2nc3nc[nH]c3c(OCC3CCCCC3)[nH+]2)cc1. The van der Waals surface area contributed by atoms with Gasteiger partial charge in [0.05, 0.1) is 30.1 Å². The van der Waals surface area contributed by atoms with Crippen LogP contribution in [0.3, 0.4) is 0 Å². The Kier molecular flexibility index (Phi) is 7.18. The number of methoxy groups -OCH3 is 1. The molecule has 10 nitrogen and oxygen atoms in total. The molecule has 0 amide bonds. The van der Waals surface area contributed by atoms with Crippen LogP contribution in [0.15, 0.2) is 35.5 Å². The van der Waals surface area contributed by atoms with E-state index in [2.05, 4.69) is 30.0 Å². The standard InChI is InChI=1S/C21H28N6O4S/c1-30-12-11-24-32(28,29)17-9-7-16(8-10-17)25-21-26-19-18(22-14-23-19)20(27-21)31-13-15-5-3-2-4-6-15/h7-10,14-15,24H,2-6,11-13H2,1H3,(H2,22,23,25,26,27)/p+1. The Labute approximate surface area is 187 Å². The zero-order chi connectivity index (χ0) is 22.4. The maximum Gasteiger partial charge on any atom is 0.399 e. The van der Waals surface area contributed by atoms with E-state index in [1.807, 2.05) is 0 Å². The van der Waals surface area contributed by atoms with Crippen LogP contribution in [0, 0.1) is 5.92 Å². The monoisotopic (exact) mass is 461 g/mol. The van der Waals surface area contributed by atoms with Gasteiger partial charge in [0.25, 0.3) is 11.5 Å². The number of hydrogen-bond acceptors (Lipinski definition) is 7. The first-order valence-corrected chi connectivity index (χ1v) is 12.3. The van der Waals surface area contributed by atoms with Gasteiger partial charge in [0.15, 0.2) is 5.52 Å². The number of imidazole rings is 1. The van der Waals surface area contributed by atoms with E-state index in [1.54, 1.807) is 18.5 Å². The van der Waals surface area contributed by atoms with E-state index >= 15 is 0 Å². The van der Waals surface area contributed by atoms with E-state index in [0.29, 0.717) is 42.3 Å². The fraction of sp³-hybridized carbons (Fsp3) is 0.476. The number of nitrogens with zero attached hydrogens (tertiary/aromatic N) is 2. The molecular weight excluding hydrogens is 432 g/mol. The second-order valence-electron chi connectivity index (χ2n) is 7.87. The van der Waals surface area contributed by atoms with Crippen molar-refractivity contribution in [3.05, 3.63) is 30.6 Å². The van der Waals surface area contributed by atoms with Crippen LogP contribution < -0.4 is 19.8 Å². The number of ether oxygens (including phenoxy) is 2. The molecule has 2 aromatic heterocycles. The van der Waals surface area contributed by atoms with Gasteiger partial charge in [-0.3, -0.25) is 0 Å². The Morgan fingerprint density at radius 2 is 1.97 bits per heavy atom. The van der Waals surface area contributed by atoms with Crippen molar-refractivity contribution in [2.75, 3.05) is 32.2 Å². The van der Waals surface area contributed by atoms with Crippen molar-refractivity contribution < 1.29 is 22.9 Å². The summed E-state index contributed by atoms with van der Waals surface area (Å²) in [7, 11) is -2.06. The van der Waals surface area contributed by atoms with Gasteiger partial charge in [-0.1, -0.05) is 19.3 Å². The molecule has 2 heterocycles. The lowest BCUT2D eigenvalue weighted by Gasteiger charge is -2.21. The summed E-state index contributed by atoms with van der Waals surface area (Å²) >= 11 is 0. The summed E-state index contributed by atoms with van der Waals surface area (Å²) in [4.78, 5) is 15.2. The van der Waals surface area contributed by atoms with Crippen LogP contribution in [0.5, 0.6) is 5.88 Å². The van der Waals surface area contributed by atoms with Crippen molar-refractivity contribution in [2.24, 2.45) is 5.92 Å². The largest absolute Gasteiger partial charge is 0.466 e. The highest BCUT2D eigenvalue weighted by Crippen LogP contribution is 2.25. The molecule has 1 aliphatic carbocycles. The molecule has 4 N–H and O–H groups in total. The molecule has 1 saturated carbocycles. The van der Waals surface area contributed by atoms with Crippen molar-refractivity contribution >= 4 is 32.8 Å². The lowest BCUT2D eigenvalue weighted by atomic mass is 9.90. The highest BCUT2D eigenvalue weighted by Gasteiger charge is 2.21. The second kappa shape index (κ2) is 10.2. The third-order valence-electron chi connectivity index (χ3n) is 5.51. The zero-order valence-corrected chi connectivity index (χ0v) is 18.9. The molecule has 172 valence electrons. The number of benzene rings is 1. The van der Waals surface area contributed by atoms with Crippen molar-refractivity contribution in [2.45, 2.75) is 37.0 Å². The molecule has 0 aliphatic heterocycles. The van der Waals surface area contributed by atoms with Crippen molar-refractivity contribution in [1.82, 2.24) is 19.7 Å². The molecule has 1 fully saturated rings. The van der Waals surface area contributed by atoms with Crippen LogP contribution in [-0.4, -0.2) is 50.2 Å². The average Bonchev–Trinajstić information content (AvgIpc) is 3.27. The van der Waals surface area contributed by atoms with Crippen LogP contribution in [0.2, 0.25) is 0 Å². The zero-order valence-electron chi connectivity index (χ0n) is 18.1. The number of rotatable bonds is 10. The first-order chi connectivity index (χ1) is 15.5. The maximum absolute atomic E-state index is 12.3. The molecule has 0 unspecified atom stereocenters. The molecule has 3 aromatic rings. The third kappa shape index (κ3) is 5.53. The minimum Gasteiger partial charge on any atom is -0.466 e. The van der Waals surface area contributed by atoms with Crippen LogP contribution in [0.25, 0.3) is 11.2 Å². The van der Waals surface area contributed by atoms with Crippen LogP contribution in [0.4, 0.5) is 11.6 Å². The topological polar surface area (TPSA) is 132 Å². The molecule has 4 rings (SSSR count). The molecule has 0 spiro atoms. The van der Waals surface area contributed by atoms with E-state index in [1.165, 1.54) is 51.3 Å². The van der Waals surface area contributed by atoms with Gasteiger partial charge < -0.3 is 14.5 Å².